The van der Waals surface area contributed by atoms with Crippen molar-refractivity contribution >= 4 is 5.57 Å². The van der Waals surface area contributed by atoms with Crippen LogP contribution in [0.3, 0.4) is 0 Å². The monoisotopic (exact) mass is 335 g/mol. The molecule has 0 bridgehead atoms. The molecule has 25 heavy (non-hydrogen) atoms. The van der Waals surface area contributed by atoms with E-state index < -0.39 is 0 Å². The average Bonchev–Trinajstić information content (AvgIpc) is 3.46. The Balaban J connectivity index is 2.03. The Labute approximate surface area is 151 Å². The number of aromatic nitrogens is 1. The topological polar surface area (TPSA) is 22.0 Å². The van der Waals surface area contributed by atoms with Gasteiger partial charge in [0.2, 0.25) is 0 Å². The first-order chi connectivity index (χ1) is 12.2. The van der Waals surface area contributed by atoms with Gasteiger partial charge in [0.15, 0.2) is 0 Å². The third-order valence-corrected chi connectivity index (χ3v) is 4.90. The highest BCUT2D eigenvalue weighted by molar-refractivity contribution is 5.65. The summed E-state index contributed by atoms with van der Waals surface area (Å²) in [7, 11) is 0. The molecule has 0 aliphatic heterocycles. The Hall–Kier alpha value is -2.09. The first kappa shape index (κ1) is 17.7. The van der Waals surface area contributed by atoms with E-state index in [4.69, 9.17) is 0 Å². The lowest BCUT2D eigenvalue weighted by atomic mass is 9.98. The lowest BCUT2D eigenvalue weighted by molar-refractivity contribution is 0.744. The summed E-state index contributed by atoms with van der Waals surface area (Å²) in [5, 5.41) is 0. The number of hydrogen-bond donors (Lipinski definition) is 0. The Kier molecular flexibility index (Phi) is 5.91. The van der Waals surface area contributed by atoms with E-state index >= 15 is 0 Å². The molecule has 1 saturated carbocycles. The molecule has 1 aromatic heterocycles. The second kappa shape index (κ2) is 8.33. The Morgan fingerprint density at radius 2 is 1.92 bits per heavy atom. The molecule has 0 amide bonds. The quantitative estimate of drug-likeness (QED) is 0.601. The second-order valence-corrected chi connectivity index (χ2v) is 7.15. The molecule has 2 nitrogen and oxygen atoms in total. The zero-order valence-corrected chi connectivity index (χ0v) is 15.5. The zero-order chi connectivity index (χ0) is 17.6. The third-order valence-electron chi connectivity index (χ3n) is 4.90. The maximum Gasteiger partial charge on any atom is 0.258 e. The molecule has 0 saturated heterocycles. The van der Waals surface area contributed by atoms with Crippen LogP contribution in [0.1, 0.15) is 75.0 Å². The summed E-state index contributed by atoms with van der Waals surface area (Å²) < 4.78 is 1.92. The van der Waals surface area contributed by atoms with Gasteiger partial charge in [-0.1, -0.05) is 63.1 Å². The summed E-state index contributed by atoms with van der Waals surface area (Å²) in [6, 6.07) is 12.5. The second-order valence-electron chi connectivity index (χ2n) is 7.15. The van der Waals surface area contributed by atoms with Crippen LogP contribution in [0.2, 0.25) is 0 Å². The summed E-state index contributed by atoms with van der Waals surface area (Å²) in [6.07, 6.45) is 11.1. The van der Waals surface area contributed by atoms with Gasteiger partial charge in [0.05, 0.1) is 6.54 Å². The van der Waals surface area contributed by atoms with E-state index in [0.717, 1.165) is 31.2 Å². The molecule has 1 heterocycles. The smallest absolute Gasteiger partial charge is 0.258 e. The number of benzene rings is 1. The minimum atomic E-state index is 0.157. The van der Waals surface area contributed by atoms with E-state index in [1.165, 1.54) is 29.5 Å². The van der Waals surface area contributed by atoms with E-state index in [2.05, 4.69) is 44.3 Å². The summed E-state index contributed by atoms with van der Waals surface area (Å²) >= 11 is 0. The van der Waals surface area contributed by atoms with Crippen molar-refractivity contribution in [1.82, 2.24) is 4.57 Å². The average molecular weight is 335 g/mol. The highest BCUT2D eigenvalue weighted by atomic mass is 16.1. The largest absolute Gasteiger partial charge is 0.310 e. The molecule has 2 heteroatoms. The van der Waals surface area contributed by atoms with Crippen molar-refractivity contribution in [3.8, 4) is 0 Å². The Bertz CT molecular complexity index is 781. The van der Waals surface area contributed by atoms with Crippen LogP contribution in [-0.4, -0.2) is 4.57 Å². The van der Waals surface area contributed by atoms with E-state index in [1.807, 2.05) is 22.8 Å². The van der Waals surface area contributed by atoms with Crippen LogP contribution < -0.4 is 5.56 Å². The molecule has 1 aliphatic rings. The highest BCUT2D eigenvalue weighted by Crippen LogP contribution is 2.40. The van der Waals surface area contributed by atoms with Gasteiger partial charge in [0, 0.05) is 11.8 Å². The normalized spacial score (nSPS) is 14.7. The maximum absolute atomic E-state index is 13.2. The van der Waals surface area contributed by atoms with Crippen molar-refractivity contribution in [1.29, 1.82) is 0 Å². The van der Waals surface area contributed by atoms with E-state index in [1.54, 1.807) is 0 Å². The standard InChI is InChI=1S/C23H29NO/c1-3-5-12-20(9-4-2)22-15-21(19-13-14-19)17-24(23(22)25)16-18-10-7-6-8-11-18/h6-8,10-12,15,17,19H,3-5,9,13-14,16H2,1-2H3/b20-12+. The zero-order valence-electron chi connectivity index (χ0n) is 15.5. The van der Waals surface area contributed by atoms with Gasteiger partial charge in [-0.05, 0) is 54.4 Å². The fourth-order valence-electron chi connectivity index (χ4n) is 3.36. The van der Waals surface area contributed by atoms with Gasteiger partial charge in [0.1, 0.15) is 0 Å². The molecule has 1 fully saturated rings. The van der Waals surface area contributed by atoms with Crippen LogP contribution in [0, 0.1) is 0 Å². The summed E-state index contributed by atoms with van der Waals surface area (Å²) in [4.78, 5) is 13.2. The molecule has 1 aliphatic carbocycles. The number of rotatable bonds is 8. The summed E-state index contributed by atoms with van der Waals surface area (Å²) in [5.41, 5.74) is 4.83. The molecule has 3 rings (SSSR count). The van der Waals surface area contributed by atoms with Gasteiger partial charge in [-0.3, -0.25) is 4.79 Å². The fourth-order valence-corrected chi connectivity index (χ4v) is 3.36. The highest BCUT2D eigenvalue weighted by Gasteiger charge is 2.25. The van der Waals surface area contributed by atoms with Gasteiger partial charge in [-0.15, -0.1) is 0 Å². The van der Waals surface area contributed by atoms with Gasteiger partial charge in [-0.2, -0.15) is 0 Å². The molecule has 0 unspecified atom stereocenters. The third kappa shape index (κ3) is 4.50. The first-order valence-corrected chi connectivity index (χ1v) is 9.70. The molecule has 0 N–H and O–H groups in total. The number of nitrogens with zero attached hydrogens (tertiary/aromatic N) is 1. The van der Waals surface area contributed by atoms with Gasteiger partial charge < -0.3 is 4.57 Å². The molecule has 0 atom stereocenters. The molecular weight excluding hydrogens is 306 g/mol. The Morgan fingerprint density at radius 3 is 2.56 bits per heavy atom. The van der Waals surface area contributed by atoms with Crippen LogP contribution in [0.25, 0.3) is 5.57 Å². The van der Waals surface area contributed by atoms with Crippen molar-refractivity contribution in [2.75, 3.05) is 0 Å². The van der Waals surface area contributed by atoms with Gasteiger partial charge in [-0.25, -0.2) is 0 Å². The Morgan fingerprint density at radius 1 is 1.16 bits per heavy atom. The van der Waals surface area contributed by atoms with Crippen LogP contribution in [0.5, 0.6) is 0 Å². The predicted molar refractivity (Wildman–Crippen MR) is 106 cm³/mol. The molecule has 2 aromatic rings. The van der Waals surface area contributed by atoms with Crippen LogP contribution in [-0.2, 0) is 6.54 Å². The van der Waals surface area contributed by atoms with Crippen molar-refractivity contribution in [2.45, 2.75) is 64.8 Å². The predicted octanol–water partition coefficient (Wildman–Crippen LogP) is 5.76. The molecular formula is C23H29NO. The molecule has 1 aromatic carbocycles. The van der Waals surface area contributed by atoms with Crippen molar-refractivity contribution < 1.29 is 0 Å². The number of pyridine rings is 1. The van der Waals surface area contributed by atoms with Gasteiger partial charge in [0.25, 0.3) is 5.56 Å². The lowest BCUT2D eigenvalue weighted by Gasteiger charge is -2.14. The number of unbranched alkanes of at least 4 members (excludes halogenated alkanes) is 1. The van der Waals surface area contributed by atoms with Crippen molar-refractivity contribution in [3.05, 3.63) is 75.7 Å². The maximum atomic E-state index is 13.2. The van der Waals surface area contributed by atoms with E-state index in [9.17, 15) is 4.79 Å². The van der Waals surface area contributed by atoms with Crippen LogP contribution in [0.4, 0.5) is 0 Å². The van der Waals surface area contributed by atoms with Crippen molar-refractivity contribution in [2.24, 2.45) is 0 Å². The van der Waals surface area contributed by atoms with E-state index in [-0.39, 0.29) is 5.56 Å². The molecule has 0 spiro atoms. The minimum absolute atomic E-state index is 0.157. The first-order valence-electron chi connectivity index (χ1n) is 9.70. The summed E-state index contributed by atoms with van der Waals surface area (Å²) in [6.45, 7) is 5.03. The van der Waals surface area contributed by atoms with Crippen molar-refractivity contribution in [3.63, 3.8) is 0 Å². The summed E-state index contributed by atoms with van der Waals surface area (Å²) in [5.74, 6) is 0.649. The van der Waals surface area contributed by atoms with Gasteiger partial charge >= 0.3 is 0 Å². The fraction of sp³-hybridized carbons (Fsp3) is 0.435. The molecule has 0 radical (unpaired) electrons. The minimum Gasteiger partial charge on any atom is -0.310 e. The van der Waals surface area contributed by atoms with E-state index in [0.29, 0.717) is 12.5 Å². The molecule has 132 valence electrons. The van der Waals surface area contributed by atoms with Crippen LogP contribution in [0.15, 0.2) is 53.5 Å². The number of hydrogen-bond acceptors (Lipinski definition) is 1. The van der Waals surface area contributed by atoms with Crippen LogP contribution >= 0.6 is 0 Å². The SMILES string of the molecule is CCC/C=C(\CCC)c1cc(C2CC2)cn(Cc2ccccc2)c1=O. The number of allylic oxidation sites excluding steroid dienone is 2. The lowest BCUT2D eigenvalue weighted by Crippen LogP contribution is -2.24.